The van der Waals surface area contributed by atoms with Crippen molar-refractivity contribution in [2.24, 2.45) is 69.0 Å². The van der Waals surface area contributed by atoms with Crippen LogP contribution in [0.4, 0.5) is 0 Å². The number of methoxy groups -OCH3 is 4. The van der Waals surface area contributed by atoms with Crippen molar-refractivity contribution in [2.45, 2.75) is 257 Å². The van der Waals surface area contributed by atoms with Crippen molar-refractivity contribution in [1.82, 2.24) is 20.0 Å². The number of rotatable bonds is 30. The molecule has 102 heavy (non-hydrogen) atoms. The van der Waals surface area contributed by atoms with Gasteiger partial charge in [0.1, 0.15) is 11.8 Å². The van der Waals surface area contributed by atoms with E-state index in [-0.39, 0.29) is 106 Å². The fourth-order valence-electron chi connectivity index (χ4n) is 13.5. The lowest BCUT2D eigenvalue weighted by molar-refractivity contribution is -0.161. The molecular weight excluding hydrogens is 1320 g/mol. The summed E-state index contributed by atoms with van der Waals surface area (Å²) in [5.41, 5.74) is 0.328. The van der Waals surface area contributed by atoms with E-state index < -0.39 is 80.8 Å². The van der Waals surface area contributed by atoms with Crippen LogP contribution in [0.3, 0.4) is 0 Å². The summed E-state index contributed by atoms with van der Waals surface area (Å²) in [4.78, 5) is 110. The number of likely N-dealkylation sites (N-methyl/N-ethyl adjacent to an activating group) is 2. The molecule has 3 aliphatic rings. The number of esters is 1. The van der Waals surface area contributed by atoms with E-state index in [1.807, 2.05) is 120 Å². The molecule has 578 valence electrons. The molecule has 0 aromatic heterocycles. The number of carbonyl (C=O) groups is 8. The number of fused-ring (bicyclic) bond motifs is 1. The van der Waals surface area contributed by atoms with Gasteiger partial charge in [0.15, 0.2) is 21.9 Å². The number of amides is 4. The number of aliphatic carboxylic acids is 1. The predicted octanol–water partition coefficient (Wildman–Crippen LogP) is 12.9. The Labute approximate surface area is 614 Å². The highest BCUT2D eigenvalue weighted by Gasteiger charge is 2.50. The highest BCUT2D eigenvalue weighted by Crippen LogP contribution is 2.52. The molecule has 1 heterocycles. The monoisotopic (exact) mass is 1450 g/mol. The lowest BCUT2D eigenvalue weighted by atomic mass is 9.83. The Kier molecular flexibility index (Phi) is 37.5. The maximum atomic E-state index is 14.5. The second-order valence-corrected chi connectivity index (χ2v) is 35.2. The molecule has 1 saturated heterocycles. The smallest absolute Gasteiger partial charge is 0.326 e. The minimum atomic E-state index is -3.35. The van der Waals surface area contributed by atoms with Crippen LogP contribution in [-0.2, 0) is 78.3 Å². The number of carbonyl (C=O) groups excluding carboxylic acids is 7. The summed E-state index contributed by atoms with van der Waals surface area (Å²) >= 11 is 0. The van der Waals surface area contributed by atoms with Gasteiger partial charge in [-0.3, -0.25) is 33.6 Å². The molecule has 12 atom stereocenters. The molecule has 1 saturated carbocycles. The SMILES string of the molecule is CC(C)(C)C(=O)OCC1[C@H]2CCC#CCC[C@@H]12.CC[C@H](C)[C@@H]([C@@H](CC(=O)N1CCC[C@H]1[C@H](OC)[C@@H](C)C(=O)N[C@@H](Cc1ccccc1)C(=O)O)OC)N(C)C(=O)[C@@H](CC(=O)[C@H](C(C)C)N(C)C(=O)C(C)(C)C)C(C)C.COC(OC)C(C)(C)C.Cc1ccc(S(=O)(=O)CCC(=O)C(C)(C)C)cc1. The number of nitrogens with zero attached hydrogens (tertiary/aromatic N) is 3. The Balaban J connectivity index is 0.000000636. The third-order valence-electron chi connectivity index (χ3n) is 19.8. The summed E-state index contributed by atoms with van der Waals surface area (Å²) in [6.45, 7) is 39.1. The Hall–Kier alpha value is -6.05. The number of nitrogens with one attached hydrogen (secondary N) is 1. The predicted molar refractivity (Wildman–Crippen MR) is 401 cm³/mol. The maximum Gasteiger partial charge on any atom is 0.326 e. The number of ether oxygens (including phenoxy) is 5. The Morgan fingerprint density at radius 1 is 0.696 bits per heavy atom. The van der Waals surface area contributed by atoms with Crippen LogP contribution in [0.5, 0.6) is 0 Å². The fourth-order valence-corrected chi connectivity index (χ4v) is 14.7. The second-order valence-electron chi connectivity index (χ2n) is 33.0. The standard InChI is InChI=1S/C45H74N4O9.C15H22O2.C14H20O3S.C7H16O2/c1-15-29(6)39(47(11)42(53)32(27(2)3)25-35(50)38(28(4)5)48(12)44(56)45(8,9)10)36(57-13)26-37(51)49-23-19-22-34(49)40(58-14)30(7)41(52)46-33(43(54)55)24-31-20-17-16-18-21-31;1-15(2,3)14(16)17-10-13-11-8-6-4-5-7-9-12(11)13;1-11-5-7-12(8-6-11)18(16,17)10-9-13(15)14(2,3)4;1-7(2,3)6(8-4)9-5/h16-18,20-21,27-30,32-34,36,38-40H,15,19,22-26H2,1-14H3,(H,46,52)(H,54,55);11-13H,6-10H2,1-3H3;5-8H,9-10H2,1-4H3;6H,1-5H3/t29-,30+,32-,33-,34-,36+,38-,39-,40+;11-,12+,13?;;/m0.../s1. The van der Waals surface area contributed by atoms with E-state index in [1.54, 1.807) is 90.1 Å². The highest BCUT2D eigenvalue weighted by atomic mass is 32.2. The Bertz CT molecular complexity index is 3150. The first-order chi connectivity index (χ1) is 47.2. The lowest BCUT2D eigenvalue weighted by Crippen LogP contribution is -2.55. The van der Waals surface area contributed by atoms with Gasteiger partial charge in [0.2, 0.25) is 23.6 Å². The van der Waals surface area contributed by atoms with Gasteiger partial charge in [-0.05, 0) is 107 Å². The van der Waals surface area contributed by atoms with Crippen molar-refractivity contribution >= 4 is 57.0 Å². The molecule has 2 aromatic rings. The largest absolute Gasteiger partial charge is 0.480 e. The van der Waals surface area contributed by atoms with Crippen LogP contribution < -0.4 is 5.32 Å². The van der Waals surface area contributed by atoms with E-state index in [0.717, 1.165) is 35.8 Å². The van der Waals surface area contributed by atoms with Crippen molar-refractivity contribution in [3.63, 3.8) is 0 Å². The van der Waals surface area contributed by atoms with Crippen molar-refractivity contribution in [1.29, 1.82) is 0 Å². The molecule has 2 aliphatic carbocycles. The first-order valence-corrected chi connectivity index (χ1v) is 38.3. The number of ketones is 2. The van der Waals surface area contributed by atoms with Gasteiger partial charge in [-0.1, -0.05) is 165 Å². The van der Waals surface area contributed by atoms with Gasteiger partial charge in [0.25, 0.3) is 0 Å². The van der Waals surface area contributed by atoms with Crippen LogP contribution in [0, 0.1) is 87.8 Å². The highest BCUT2D eigenvalue weighted by molar-refractivity contribution is 7.91. The van der Waals surface area contributed by atoms with E-state index in [2.05, 4.69) is 37.9 Å². The van der Waals surface area contributed by atoms with Crippen molar-refractivity contribution in [3.05, 3.63) is 65.7 Å². The summed E-state index contributed by atoms with van der Waals surface area (Å²) in [6.07, 6.45) is 5.04. The lowest BCUT2D eigenvalue weighted by Gasteiger charge is -2.41. The molecule has 2 N–H and O–H groups in total. The normalized spacial score (nSPS) is 19.2. The quantitative estimate of drug-likeness (QED) is 0.0418. The topological polar surface area (TPSA) is 259 Å². The third-order valence-corrected chi connectivity index (χ3v) is 21.6. The summed E-state index contributed by atoms with van der Waals surface area (Å²) in [5, 5.41) is 12.6. The van der Waals surface area contributed by atoms with E-state index in [0.29, 0.717) is 38.3 Å². The zero-order chi connectivity index (χ0) is 78.2. The number of benzene rings is 2. The van der Waals surface area contributed by atoms with Crippen LogP contribution in [0.1, 0.15) is 207 Å². The molecule has 2 aromatic carbocycles. The average Bonchev–Trinajstić information content (AvgIpc) is 1.61. The van der Waals surface area contributed by atoms with Gasteiger partial charge >= 0.3 is 11.9 Å². The number of hydrogen-bond donors (Lipinski definition) is 2. The van der Waals surface area contributed by atoms with Gasteiger partial charge in [-0.15, -0.1) is 11.8 Å². The summed E-state index contributed by atoms with van der Waals surface area (Å²) < 4.78 is 51.5. The molecule has 0 spiro atoms. The van der Waals surface area contributed by atoms with Crippen LogP contribution >= 0.6 is 0 Å². The molecule has 1 aliphatic heterocycles. The number of sulfone groups is 1. The van der Waals surface area contributed by atoms with Crippen molar-refractivity contribution in [2.75, 3.05) is 61.4 Å². The van der Waals surface area contributed by atoms with Crippen molar-refractivity contribution in [3.8, 4) is 11.8 Å². The minimum absolute atomic E-state index is 0.0295. The molecular formula is C81H132N4O16S. The Morgan fingerprint density at radius 2 is 1.25 bits per heavy atom. The van der Waals surface area contributed by atoms with Gasteiger partial charge in [0, 0.05) is 103 Å². The fraction of sp³-hybridized carbons (Fsp3) is 0.728. The number of Topliss-reactive ketones (excluding diaryl/α,β-unsaturated/α-hetero) is 2. The average molecular weight is 1450 g/mol. The molecule has 5 rings (SSSR count). The molecule has 0 bridgehead atoms. The number of hydrogen-bond acceptors (Lipinski definition) is 15. The van der Waals surface area contributed by atoms with E-state index in [4.69, 9.17) is 23.7 Å². The number of likely N-dealkylation sites (tertiary alicyclic amines) is 1. The van der Waals surface area contributed by atoms with Crippen LogP contribution in [0.25, 0.3) is 0 Å². The molecule has 0 radical (unpaired) electrons. The van der Waals surface area contributed by atoms with E-state index in [1.165, 1.54) is 32.0 Å². The van der Waals surface area contributed by atoms with E-state index >= 15 is 0 Å². The second kappa shape index (κ2) is 41.6. The number of carboxylic acid groups (broad SMARTS) is 1. The molecule has 4 amide bonds. The van der Waals surface area contributed by atoms with Crippen LogP contribution in [0.15, 0.2) is 59.5 Å². The number of carboxylic acids is 1. The van der Waals surface area contributed by atoms with Crippen LogP contribution in [0.2, 0.25) is 0 Å². The zero-order valence-corrected chi connectivity index (χ0v) is 67.9. The summed E-state index contributed by atoms with van der Waals surface area (Å²) in [7, 11) is 6.35. The van der Waals surface area contributed by atoms with Crippen molar-refractivity contribution < 1.29 is 75.6 Å². The molecule has 21 heteroatoms. The molecule has 20 nitrogen and oxygen atoms in total. The first-order valence-electron chi connectivity index (χ1n) is 36.7. The zero-order valence-electron chi connectivity index (χ0n) is 67.1. The van der Waals surface area contributed by atoms with Gasteiger partial charge in [0.05, 0.1) is 65.3 Å². The third kappa shape index (κ3) is 28.8. The maximum absolute atomic E-state index is 14.5. The molecule has 1 unspecified atom stereocenters. The summed E-state index contributed by atoms with van der Waals surface area (Å²) in [6, 6.07) is 13.0. The number of aryl methyl sites for hydroxylation is 1. The minimum Gasteiger partial charge on any atom is -0.480 e. The Morgan fingerprint density at radius 3 is 1.68 bits per heavy atom. The van der Waals surface area contributed by atoms with Gasteiger partial charge < -0.3 is 48.8 Å². The van der Waals surface area contributed by atoms with Gasteiger partial charge in [-0.2, -0.15) is 0 Å². The first kappa shape index (κ1) is 92.0. The van der Waals surface area contributed by atoms with Gasteiger partial charge in [-0.25, -0.2) is 13.2 Å². The van der Waals surface area contributed by atoms with Crippen LogP contribution in [-0.4, -0.2) is 179 Å². The molecule has 2 fully saturated rings. The van der Waals surface area contributed by atoms with E-state index in [9.17, 15) is 51.9 Å². The summed E-state index contributed by atoms with van der Waals surface area (Å²) in [5.74, 6) is 4.08.